The van der Waals surface area contributed by atoms with Crippen molar-refractivity contribution in [2.45, 2.75) is 0 Å². The molecule has 0 spiro atoms. The van der Waals surface area contributed by atoms with E-state index < -0.39 is 0 Å². The molecule has 0 unspecified atom stereocenters. The topological polar surface area (TPSA) is 129 Å². The van der Waals surface area contributed by atoms with Gasteiger partial charge in [-0.1, -0.05) is 24.3 Å². The van der Waals surface area contributed by atoms with Crippen LogP contribution < -0.4 is 22.9 Å². The summed E-state index contributed by atoms with van der Waals surface area (Å²) < 4.78 is 0. The second kappa shape index (κ2) is 7.16. The average Bonchev–Trinajstić information content (AvgIpc) is 2.39. The molecule has 0 radical (unpaired) electrons. The Labute approximate surface area is 129 Å². The van der Waals surface area contributed by atoms with Crippen LogP contribution in [0.4, 0.5) is 11.4 Å². The molecule has 0 saturated heterocycles. The first kappa shape index (κ1) is 16.3. The fourth-order valence-electron chi connectivity index (χ4n) is 1.75. The lowest BCUT2D eigenvalue weighted by Crippen LogP contribution is -2.21. The van der Waals surface area contributed by atoms with Gasteiger partial charge in [0.1, 0.15) is 0 Å². The van der Waals surface area contributed by atoms with Crippen LogP contribution in [0.5, 0.6) is 0 Å². The van der Waals surface area contributed by atoms with E-state index in [4.69, 9.17) is 22.9 Å². The summed E-state index contributed by atoms with van der Waals surface area (Å²) in [4.78, 5) is 7.94. The van der Waals surface area contributed by atoms with E-state index in [1.807, 2.05) is 48.5 Å². The molecule has 7 heteroatoms. The summed E-state index contributed by atoms with van der Waals surface area (Å²) in [7, 11) is 0. The summed E-state index contributed by atoms with van der Waals surface area (Å²) in [6.45, 7) is 0. The molecule has 0 aliphatic rings. The van der Waals surface area contributed by atoms with Gasteiger partial charge in [0.05, 0.1) is 11.4 Å². The van der Waals surface area contributed by atoms with Crippen LogP contribution in [0.25, 0.3) is 11.1 Å². The molecular weight excluding hydrogens is 288 g/mol. The first-order chi connectivity index (χ1) is 9.54. The zero-order valence-corrected chi connectivity index (χ0v) is 12.0. The number of rotatable bonds is 3. The highest BCUT2D eigenvalue weighted by molar-refractivity contribution is 5.85. The van der Waals surface area contributed by atoms with E-state index in [1.165, 1.54) is 0 Å². The van der Waals surface area contributed by atoms with Gasteiger partial charge >= 0.3 is 0 Å². The smallest absolute Gasteiger partial charge is 0.191 e. The van der Waals surface area contributed by atoms with Crippen LogP contribution in [-0.4, -0.2) is 11.9 Å². The molecule has 0 heterocycles. The van der Waals surface area contributed by atoms with Crippen LogP contribution in [-0.2, 0) is 0 Å². The Kier molecular flexibility index (Phi) is 5.57. The number of benzene rings is 2. The fraction of sp³-hybridized carbons (Fsp3) is 0. The first-order valence-electron chi connectivity index (χ1n) is 5.94. The second-order valence-electron chi connectivity index (χ2n) is 4.17. The van der Waals surface area contributed by atoms with Crippen molar-refractivity contribution in [3.8, 4) is 11.1 Å². The molecule has 0 aliphatic heterocycles. The Morgan fingerprint density at radius 2 is 0.857 bits per heavy atom. The van der Waals surface area contributed by atoms with Crippen molar-refractivity contribution in [2.24, 2.45) is 32.9 Å². The Morgan fingerprint density at radius 3 is 1.10 bits per heavy atom. The fourth-order valence-corrected chi connectivity index (χ4v) is 1.75. The third kappa shape index (κ3) is 4.70. The third-order valence-electron chi connectivity index (χ3n) is 2.58. The third-order valence-corrected chi connectivity index (χ3v) is 2.58. The van der Waals surface area contributed by atoms with Gasteiger partial charge in [-0.2, -0.15) is 0 Å². The van der Waals surface area contributed by atoms with E-state index in [0.29, 0.717) is 11.4 Å². The van der Waals surface area contributed by atoms with Gasteiger partial charge in [-0.25, -0.2) is 9.98 Å². The highest BCUT2D eigenvalue weighted by Crippen LogP contribution is 2.24. The minimum absolute atomic E-state index is 0. The normalized spacial score (nSPS) is 9.33. The maximum absolute atomic E-state index is 5.32. The second-order valence-corrected chi connectivity index (χ2v) is 4.17. The molecule has 2 rings (SSSR count). The van der Waals surface area contributed by atoms with Crippen molar-refractivity contribution >= 4 is 35.7 Å². The van der Waals surface area contributed by atoms with Gasteiger partial charge < -0.3 is 22.9 Å². The summed E-state index contributed by atoms with van der Waals surface area (Å²) in [5.41, 5.74) is 24.8. The standard InChI is InChI=1S/C14H16N6.ClH/c15-13(16)19-11-5-1-9(2-6-11)10-3-7-12(8-4-10)20-14(17)18;/h1-8H,(H4,15,16,19)(H4,17,18,20);1H. The predicted molar refractivity (Wildman–Crippen MR) is 90.1 cm³/mol. The van der Waals surface area contributed by atoms with E-state index in [0.717, 1.165) is 11.1 Å². The Bertz CT molecular complexity index is 579. The van der Waals surface area contributed by atoms with Crippen molar-refractivity contribution < 1.29 is 0 Å². The number of aliphatic imine (C=N–C) groups is 2. The van der Waals surface area contributed by atoms with Gasteiger partial charge in [-0.15, -0.1) is 12.4 Å². The van der Waals surface area contributed by atoms with Gasteiger partial charge in [0, 0.05) is 0 Å². The van der Waals surface area contributed by atoms with E-state index in [1.54, 1.807) is 0 Å². The minimum atomic E-state index is 0. The maximum atomic E-state index is 5.32. The Morgan fingerprint density at radius 1 is 0.571 bits per heavy atom. The van der Waals surface area contributed by atoms with Crippen molar-refractivity contribution in [1.82, 2.24) is 0 Å². The van der Waals surface area contributed by atoms with Gasteiger partial charge in [0.15, 0.2) is 11.9 Å². The van der Waals surface area contributed by atoms with E-state index in [-0.39, 0.29) is 24.3 Å². The highest BCUT2D eigenvalue weighted by Gasteiger charge is 1.99. The summed E-state index contributed by atoms with van der Waals surface area (Å²) in [5, 5.41) is 0. The lowest BCUT2D eigenvalue weighted by molar-refractivity contribution is 1.41. The van der Waals surface area contributed by atoms with Crippen molar-refractivity contribution in [1.29, 1.82) is 0 Å². The number of nitrogens with two attached hydrogens (primary N) is 4. The molecular formula is C14H17ClN6. The monoisotopic (exact) mass is 304 g/mol. The molecule has 2 aromatic rings. The number of hydrogen-bond acceptors (Lipinski definition) is 2. The Balaban J connectivity index is 0.00000220. The molecule has 0 saturated carbocycles. The van der Waals surface area contributed by atoms with Crippen LogP contribution in [0.1, 0.15) is 0 Å². The minimum Gasteiger partial charge on any atom is -0.370 e. The largest absolute Gasteiger partial charge is 0.370 e. The predicted octanol–water partition coefficient (Wildman–Crippen LogP) is 1.59. The van der Waals surface area contributed by atoms with Gasteiger partial charge in [0.2, 0.25) is 0 Å². The first-order valence-corrected chi connectivity index (χ1v) is 5.94. The molecule has 0 fully saturated rings. The lowest BCUT2D eigenvalue weighted by Gasteiger charge is -2.03. The summed E-state index contributed by atoms with van der Waals surface area (Å²) in [6, 6.07) is 15.2. The molecule has 110 valence electrons. The van der Waals surface area contributed by atoms with Crippen LogP contribution in [0.2, 0.25) is 0 Å². The lowest BCUT2D eigenvalue weighted by atomic mass is 10.1. The summed E-state index contributed by atoms with van der Waals surface area (Å²) in [6.07, 6.45) is 0. The van der Waals surface area contributed by atoms with Crippen LogP contribution in [0, 0.1) is 0 Å². The van der Waals surface area contributed by atoms with Gasteiger partial charge in [-0.3, -0.25) is 0 Å². The molecule has 21 heavy (non-hydrogen) atoms. The Hall–Kier alpha value is -2.73. The number of guanidine groups is 2. The molecule has 0 atom stereocenters. The van der Waals surface area contributed by atoms with Crippen LogP contribution in [0.15, 0.2) is 58.5 Å². The van der Waals surface area contributed by atoms with Crippen molar-refractivity contribution in [3.05, 3.63) is 48.5 Å². The molecule has 0 bridgehead atoms. The summed E-state index contributed by atoms with van der Waals surface area (Å²) in [5.74, 6) is 0.0821. The van der Waals surface area contributed by atoms with E-state index >= 15 is 0 Å². The zero-order chi connectivity index (χ0) is 14.5. The average molecular weight is 305 g/mol. The molecule has 0 amide bonds. The maximum Gasteiger partial charge on any atom is 0.191 e. The number of halogens is 1. The molecule has 8 N–H and O–H groups in total. The van der Waals surface area contributed by atoms with Crippen molar-refractivity contribution in [2.75, 3.05) is 0 Å². The molecule has 6 nitrogen and oxygen atoms in total. The molecule has 0 aromatic heterocycles. The molecule has 2 aromatic carbocycles. The quantitative estimate of drug-likeness (QED) is 0.507. The zero-order valence-electron chi connectivity index (χ0n) is 11.2. The van der Waals surface area contributed by atoms with E-state index in [9.17, 15) is 0 Å². The summed E-state index contributed by atoms with van der Waals surface area (Å²) >= 11 is 0. The SMILES string of the molecule is Cl.NC(N)=Nc1ccc(-c2ccc(N=C(N)N)cc2)cc1. The van der Waals surface area contributed by atoms with Crippen molar-refractivity contribution in [3.63, 3.8) is 0 Å². The van der Waals surface area contributed by atoms with Crippen LogP contribution in [0.3, 0.4) is 0 Å². The van der Waals surface area contributed by atoms with E-state index in [2.05, 4.69) is 9.98 Å². The van der Waals surface area contributed by atoms with Gasteiger partial charge in [-0.05, 0) is 35.4 Å². The molecule has 0 aliphatic carbocycles. The van der Waals surface area contributed by atoms with Gasteiger partial charge in [0.25, 0.3) is 0 Å². The van der Waals surface area contributed by atoms with Crippen LogP contribution >= 0.6 is 12.4 Å². The number of nitrogens with zero attached hydrogens (tertiary/aromatic N) is 2. The highest BCUT2D eigenvalue weighted by atomic mass is 35.5. The number of hydrogen-bond donors (Lipinski definition) is 4.